The molecule has 0 saturated heterocycles. The number of aliphatic hydroxyl groups excluding tert-OH is 2. The highest BCUT2D eigenvalue weighted by molar-refractivity contribution is 7.20. The summed E-state index contributed by atoms with van der Waals surface area (Å²) in [5.41, 5.74) is 1.13. The van der Waals surface area contributed by atoms with Gasteiger partial charge in [-0.15, -0.1) is 11.3 Å². The molecule has 30 heavy (non-hydrogen) atoms. The molecule has 0 amide bonds. The summed E-state index contributed by atoms with van der Waals surface area (Å²) in [5.74, 6) is -0.270. The Morgan fingerprint density at radius 3 is 2.70 bits per heavy atom. The van der Waals surface area contributed by atoms with Gasteiger partial charge >= 0.3 is 5.97 Å². The van der Waals surface area contributed by atoms with Crippen molar-refractivity contribution < 1.29 is 28.9 Å². The van der Waals surface area contributed by atoms with E-state index in [1.165, 1.54) is 43.0 Å². The fraction of sp³-hybridized carbons (Fsp3) is 0.350. The normalized spacial score (nSPS) is 21.0. The summed E-state index contributed by atoms with van der Waals surface area (Å²) < 4.78 is 24.6. The van der Waals surface area contributed by atoms with E-state index in [1.54, 1.807) is 6.92 Å². The molecule has 0 bridgehead atoms. The van der Waals surface area contributed by atoms with Crippen LogP contribution in [0.15, 0.2) is 24.5 Å². The van der Waals surface area contributed by atoms with E-state index in [0.29, 0.717) is 32.2 Å². The average molecular weight is 433 g/mol. The van der Waals surface area contributed by atoms with E-state index in [9.17, 15) is 19.4 Å². The van der Waals surface area contributed by atoms with Crippen LogP contribution in [0.4, 0.5) is 15.9 Å². The van der Waals surface area contributed by atoms with E-state index in [2.05, 4.69) is 15.3 Å². The predicted molar refractivity (Wildman–Crippen MR) is 109 cm³/mol. The predicted octanol–water partition coefficient (Wildman–Crippen LogP) is 2.93. The molecule has 4 rings (SSSR count). The molecular formula is C20H20FN3O5S. The number of rotatable bonds is 5. The standard InChI is InChI=1S/C20H20FN3O5S/c1-9-16-18(22-8-23-19(16)30-17(9)20(27)28-2)24-12-4-3-10(21)5-15(12)29-11-6-13(25)14(26)7-11/h3-5,8,11,13-14,25-26H,6-7H2,1-2H3,(H,22,23,24)/t11?,13-,14+. The van der Waals surface area contributed by atoms with Crippen LogP contribution in [0, 0.1) is 12.7 Å². The molecule has 1 aromatic carbocycles. The molecule has 1 saturated carbocycles. The van der Waals surface area contributed by atoms with Crippen molar-refractivity contribution in [1.29, 1.82) is 0 Å². The largest absolute Gasteiger partial charge is 0.488 e. The van der Waals surface area contributed by atoms with Gasteiger partial charge < -0.3 is 25.0 Å². The Kier molecular flexibility index (Phi) is 5.54. The van der Waals surface area contributed by atoms with Crippen molar-refractivity contribution >= 4 is 39.0 Å². The lowest BCUT2D eigenvalue weighted by Gasteiger charge is -2.17. The molecule has 1 aliphatic carbocycles. The first-order chi connectivity index (χ1) is 14.4. The summed E-state index contributed by atoms with van der Waals surface area (Å²) in [6.07, 6.45) is -0.313. The number of halogens is 1. The van der Waals surface area contributed by atoms with Crippen LogP contribution in [0.2, 0.25) is 0 Å². The summed E-state index contributed by atoms with van der Waals surface area (Å²) in [7, 11) is 1.32. The Bertz CT molecular complexity index is 1100. The molecule has 1 fully saturated rings. The number of carbonyl (C=O) groups excluding carboxylic acids is 1. The lowest BCUT2D eigenvalue weighted by atomic mass is 10.2. The van der Waals surface area contributed by atoms with E-state index < -0.39 is 30.1 Å². The minimum absolute atomic E-state index is 0.231. The number of anilines is 2. The molecule has 3 atom stereocenters. The first-order valence-electron chi connectivity index (χ1n) is 9.29. The zero-order chi connectivity index (χ0) is 21.4. The van der Waals surface area contributed by atoms with Crippen molar-refractivity contribution in [3.05, 3.63) is 40.8 Å². The molecule has 158 valence electrons. The summed E-state index contributed by atoms with van der Waals surface area (Å²) in [5, 5.41) is 23.3. The van der Waals surface area contributed by atoms with Crippen molar-refractivity contribution in [1.82, 2.24) is 9.97 Å². The number of fused-ring (bicyclic) bond motifs is 1. The minimum atomic E-state index is -0.869. The second kappa shape index (κ2) is 8.13. The fourth-order valence-electron chi connectivity index (χ4n) is 3.50. The maximum Gasteiger partial charge on any atom is 0.348 e. The SMILES string of the molecule is COC(=O)c1sc2ncnc(Nc3ccc(F)cc3OC3C[C@@H](O)[C@@H](O)C3)c2c1C. The van der Waals surface area contributed by atoms with Crippen molar-refractivity contribution in [2.75, 3.05) is 12.4 Å². The van der Waals surface area contributed by atoms with E-state index >= 15 is 0 Å². The number of aryl methyl sites for hydroxylation is 1. The monoisotopic (exact) mass is 433 g/mol. The molecule has 2 aromatic heterocycles. The maximum absolute atomic E-state index is 13.9. The number of ether oxygens (including phenoxy) is 2. The quantitative estimate of drug-likeness (QED) is 0.527. The van der Waals surface area contributed by atoms with Gasteiger partial charge in [0.15, 0.2) is 0 Å². The van der Waals surface area contributed by atoms with E-state index in [1.807, 2.05) is 0 Å². The third-order valence-electron chi connectivity index (χ3n) is 5.04. The fourth-order valence-corrected chi connectivity index (χ4v) is 4.57. The smallest absolute Gasteiger partial charge is 0.348 e. The third kappa shape index (κ3) is 3.81. The molecule has 2 heterocycles. The van der Waals surface area contributed by atoms with Crippen molar-refractivity contribution in [2.45, 2.75) is 38.1 Å². The van der Waals surface area contributed by atoms with E-state index in [0.717, 1.165) is 0 Å². The summed E-state index contributed by atoms with van der Waals surface area (Å²) in [6, 6.07) is 4.04. The van der Waals surface area contributed by atoms with Gasteiger partial charge in [0, 0.05) is 18.9 Å². The van der Waals surface area contributed by atoms with Gasteiger partial charge in [-0.1, -0.05) is 0 Å². The lowest BCUT2D eigenvalue weighted by molar-refractivity contribution is 0.0438. The highest BCUT2D eigenvalue weighted by Crippen LogP contribution is 2.37. The van der Waals surface area contributed by atoms with Gasteiger partial charge in [0.2, 0.25) is 0 Å². The van der Waals surface area contributed by atoms with Gasteiger partial charge in [0.05, 0.1) is 30.4 Å². The number of hydrogen-bond donors (Lipinski definition) is 3. The molecule has 8 nitrogen and oxygen atoms in total. The number of aromatic nitrogens is 2. The van der Waals surface area contributed by atoms with Crippen LogP contribution in [0.1, 0.15) is 28.1 Å². The Hall–Kier alpha value is -2.82. The van der Waals surface area contributed by atoms with Crippen LogP contribution >= 0.6 is 11.3 Å². The number of benzene rings is 1. The van der Waals surface area contributed by atoms with Crippen LogP contribution < -0.4 is 10.1 Å². The van der Waals surface area contributed by atoms with E-state index in [-0.39, 0.29) is 18.6 Å². The van der Waals surface area contributed by atoms with Gasteiger partial charge in [-0.25, -0.2) is 19.2 Å². The number of nitrogens with one attached hydrogen (secondary N) is 1. The van der Waals surface area contributed by atoms with Crippen molar-refractivity contribution in [3.8, 4) is 5.75 Å². The molecule has 3 N–H and O–H groups in total. The van der Waals surface area contributed by atoms with E-state index in [4.69, 9.17) is 9.47 Å². The van der Waals surface area contributed by atoms with Crippen molar-refractivity contribution in [2.24, 2.45) is 0 Å². The Morgan fingerprint density at radius 2 is 2.00 bits per heavy atom. The van der Waals surface area contributed by atoms with Gasteiger partial charge in [0.1, 0.15) is 39.5 Å². The van der Waals surface area contributed by atoms with Crippen LogP contribution in [-0.2, 0) is 4.74 Å². The number of carbonyl (C=O) groups is 1. The number of methoxy groups -OCH3 is 1. The van der Waals surface area contributed by atoms with Gasteiger partial charge in [0.25, 0.3) is 0 Å². The minimum Gasteiger partial charge on any atom is -0.488 e. The summed E-state index contributed by atoms with van der Waals surface area (Å²) >= 11 is 1.20. The Balaban J connectivity index is 1.69. The molecular weight excluding hydrogens is 413 g/mol. The molecule has 10 heteroatoms. The molecule has 0 radical (unpaired) electrons. The molecule has 0 spiro atoms. The second-order valence-corrected chi connectivity index (χ2v) is 8.06. The number of hydrogen-bond acceptors (Lipinski definition) is 9. The molecule has 3 aromatic rings. The first-order valence-corrected chi connectivity index (χ1v) is 10.1. The number of thiophene rings is 1. The first kappa shape index (κ1) is 20.5. The number of esters is 1. The van der Waals surface area contributed by atoms with Gasteiger partial charge in [-0.3, -0.25) is 0 Å². The number of nitrogens with zero attached hydrogens (tertiary/aromatic N) is 2. The molecule has 1 unspecified atom stereocenters. The molecule has 0 aliphatic heterocycles. The van der Waals surface area contributed by atoms with Crippen LogP contribution in [-0.4, -0.2) is 51.6 Å². The topological polar surface area (TPSA) is 114 Å². The highest BCUT2D eigenvalue weighted by Gasteiger charge is 2.33. The second-order valence-electron chi connectivity index (χ2n) is 7.06. The van der Waals surface area contributed by atoms with Gasteiger partial charge in [-0.2, -0.15) is 0 Å². The third-order valence-corrected chi connectivity index (χ3v) is 6.22. The van der Waals surface area contributed by atoms with Crippen LogP contribution in [0.3, 0.4) is 0 Å². The Labute approximate surface area is 175 Å². The van der Waals surface area contributed by atoms with Crippen LogP contribution in [0.5, 0.6) is 5.75 Å². The molecule has 1 aliphatic rings. The van der Waals surface area contributed by atoms with Crippen LogP contribution in [0.25, 0.3) is 10.2 Å². The number of aliphatic hydroxyl groups is 2. The summed E-state index contributed by atoms with van der Waals surface area (Å²) in [4.78, 5) is 21.6. The summed E-state index contributed by atoms with van der Waals surface area (Å²) in [6.45, 7) is 1.78. The maximum atomic E-state index is 13.9. The lowest BCUT2D eigenvalue weighted by Crippen LogP contribution is -2.17. The average Bonchev–Trinajstić information content (AvgIpc) is 3.22. The highest BCUT2D eigenvalue weighted by atomic mass is 32.1. The van der Waals surface area contributed by atoms with Crippen molar-refractivity contribution in [3.63, 3.8) is 0 Å². The van der Waals surface area contributed by atoms with Gasteiger partial charge in [-0.05, 0) is 24.6 Å². The zero-order valence-corrected chi connectivity index (χ0v) is 17.1. The zero-order valence-electron chi connectivity index (χ0n) is 16.3. The Morgan fingerprint density at radius 1 is 1.27 bits per heavy atom.